The Balaban J connectivity index is 1.58. The van der Waals surface area contributed by atoms with E-state index < -0.39 is 23.4 Å². The van der Waals surface area contributed by atoms with Crippen molar-refractivity contribution < 1.29 is 19.2 Å². The number of amides is 1. The van der Waals surface area contributed by atoms with Crippen LogP contribution < -0.4 is 5.32 Å². The van der Waals surface area contributed by atoms with Crippen molar-refractivity contribution in [2.75, 3.05) is 11.9 Å². The fourth-order valence-electron chi connectivity index (χ4n) is 2.96. The lowest BCUT2D eigenvalue weighted by molar-refractivity contribution is -0.384. The van der Waals surface area contributed by atoms with E-state index in [-0.39, 0.29) is 5.69 Å². The van der Waals surface area contributed by atoms with Crippen LogP contribution in [-0.4, -0.2) is 23.4 Å². The van der Waals surface area contributed by atoms with E-state index >= 15 is 0 Å². The van der Waals surface area contributed by atoms with Crippen molar-refractivity contribution in [3.63, 3.8) is 0 Å². The van der Waals surface area contributed by atoms with Gasteiger partial charge in [0.05, 0.1) is 16.2 Å². The van der Waals surface area contributed by atoms with Crippen LogP contribution in [0, 0.1) is 16.0 Å². The third kappa shape index (κ3) is 4.54. The molecule has 0 radical (unpaired) electrons. The lowest BCUT2D eigenvalue weighted by atomic mass is 9.88. The number of ether oxygens (including phenoxy) is 1. The lowest BCUT2D eigenvalue weighted by Gasteiger charge is -2.18. The first-order chi connectivity index (χ1) is 12.8. The van der Waals surface area contributed by atoms with Gasteiger partial charge >= 0.3 is 5.97 Å². The third-order valence-corrected chi connectivity index (χ3v) is 6.10. The zero-order chi connectivity index (χ0) is 19.6. The molecule has 0 bridgehead atoms. The number of non-ortho nitro benzene ring substituents is 1. The highest BCUT2D eigenvalue weighted by Gasteiger charge is 2.24. The summed E-state index contributed by atoms with van der Waals surface area (Å²) in [7, 11) is 0. The van der Waals surface area contributed by atoms with Crippen LogP contribution in [0.1, 0.15) is 34.1 Å². The van der Waals surface area contributed by atoms with Gasteiger partial charge in [0.2, 0.25) is 0 Å². The van der Waals surface area contributed by atoms with Gasteiger partial charge < -0.3 is 10.1 Å². The second kappa shape index (κ2) is 8.18. The molecule has 1 atom stereocenters. The quantitative estimate of drug-likeness (QED) is 0.413. The molecule has 142 valence electrons. The molecule has 0 spiro atoms. The van der Waals surface area contributed by atoms with Gasteiger partial charge in [-0.05, 0) is 52.7 Å². The summed E-state index contributed by atoms with van der Waals surface area (Å²) in [6.45, 7) is 1.77. The third-order valence-electron chi connectivity index (χ3n) is 4.39. The number of rotatable bonds is 5. The molecule has 0 aliphatic heterocycles. The summed E-state index contributed by atoms with van der Waals surface area (Å²) in [5.41, 5.74) is 1.86. The molecule has 0 saturated heterocycles. The topological polar surface area (TPSA) is 98.5 Å². The highest BCUT2D eigenvalue weighted by molar-refractivity contribution is 9.10. The van der Waals surface area contributed by atoms with Crippen molar-refractivity contribution in [2.24, 2.45) is 5.92 Å². The molecule has 1 aromatic heterocycles. The molecular weight excluding hydrogens is 436 g/mol. The van der Waals surface area contributed by atoms with Gasteiger partial charge in [0.15, 0.2) is 6.61 Å². The Hall–Kier alpha value is -2.26. The smallest absolute Gasteiger partial charge is 0.339 e. The summed E-state index contributed by atoms with van der Waals surface area (Å²) in [5, 5.41) is 15.1. The lowest BCUT2D eigenvalue weighted by Crippen LogP contribution is -2.21. The van der Waals surface area contributed by atoms with Crippen molar-refractivity contribution in [3.8, 4) is 0 Å². The number of hydrogen-bond acceptors (Lipinski definition) is 6. The maximum Gasteiger partial charge on any atom is 0.339 e. The zero-order valence-electron chi connectivity index (χ0n) is 14.5. The van der Waals surface area contributed by atoms with E-state index in [1.54, 1.807) is 16.7 Å². The van der Waals surface area contributed by atoms with E-state index in [0.29, 0.717) is 21.6 Å². The number of carbonyl (C=O) groups excluding carboxylic acids is 2. The number of fused-ring (bicyclic) bond motifs is 1. The average molecular weight is 453 g/mol. The molecule has 1 N–H and O–H groups in total. The van der Waals surface area contributed by atoms with Crippen LogP contribution in [0.25, 0.3) is 0 Å². The molecule has 7 nitrogen and oxygen atoms in total. The van der Waals surface area contributed by atoms with Crippen molar-refractivity contribution in [1.82, 2.24) is 0 Å². The Morgan fingerprint density at radius 2 is 2.22 bits per heavy atom. The number of benzene rings is 1. The van der Waals surface area contributed by atoms with Crippen LogP contribution in [0.2, 0.25) is 0 Å². The largest absolute Gasteiger partial charge is 0.452 e. The molecule has 1 aliphatic carbocycles. The predicted molar refractivity (Wildman–Crippen MR) is 105 cm³/mol. The molecular formula is C18H17BrN2O5S. The van der Waals surface area contributed by atoms with Crippen molar-refractivity contribution >= 4 is 50.5 Å². The maximum atomic E-state index is 12.3. The molecule has 2 aromatic rings. The molecule has 9 heteroatoms. The first-order valence-electron chi connectivity index (χ1n) is 8.35. The van der Waals surface area contributed by atoms with E-state index in [0.717, 1.165) is 24.8 Å². The highest BCUT2D eigenvalue weighted by Crippen LogP contribution is 2.33. The number of nitrogens with one attached hydrogen (secondary N) is 1. The summed E-state index contributed by atoms with van der Waals surface area (Å²) < 4.78 is 5.52. The van der Waals surface area contributed by atoms with Crippen LogP contribution in [0.5, 0.6) is 0 Å². The van der Waals surface area contributed by atoms with Gasteiger partial charge in [-0.2, -0.15) is 0 Å². The van der Waals surface area contributed by atoms with Gasteiger partial charge in [-0.3, -0.25) is 14.9 Å². The summed E-state index contributed by atoms with van der Waals surface area (Å²) in [6.07, 6.45) is 2.87. The Bertz CT molecular complexity index is 911. The van der Waals surface area contributed by atoms with E-state index in [2.05, 4.69) is 28.2 Å². The maximum absolute atomic E-state index is 12.3. The van der Waals surface area contributed by atoms with E-state index in [1.807, 2.05) is 0 Å². The second-order valence-corrected chi connectivity index (χ2v) is 8.26. The molecule has 0 unspecified atom stereocenters. The minimum Gasteiger partial charge on any atom is -0.452 e. The number of nitrogens with zero attached hydrogens (tertiary/aromatic N) is 1. The normalized spacial score (nSPS) is 15.7. The van der Waals surface area contributed by atoms with Gasteiger partial charge in [0.1, 0.15) is 0 Å². The number of thiophene rings is 1. The van der Waals surface area contributed by atoms with Gasteiger partial charge in [0.25, 0.3) is 11.6 Å². The summed E-state index contributed by atoms with van der Waals surface area (Å²) in [4.78, 5) is 35.8. The molecule has 3 rings (SSSR count). The van der Waals surface area contributed by atoms with Gasteiger partial charge in [-0.1, -0.05) is 6.92 Å². The average Bonchev–Trinajstić information content (AvgIpc) is 3.04. The van der Waals surface area contributed by atoms with Crippen LogP contribution in [-0.2, 0) is 22.4 Å². The van der Waals surface area contributed by atoms with Gasteiger partial charge in [0, 0.05) is 26.9 Å². The minimum absolute atomic E-state index is 0.0946. The molecule has 0 fully saturated rings. The Labute approximate surface area is 168 Å². The standard InChI is InChI=1S/C18H17BrN2O5S/c1-10-2-4-12-13(9-27-16(12)6-10)18(23)26-8-17(22)20-15-5-3-11(21(24)25)7-14(15)19/h3,5,7,9-10H,2,4,6,8H2,1H3,(H,20,22)/t10-/m0/s1. The molecule has 1 amide bonds. The Kier molecular flexibility index (Phi) is 5.91. The van der Waals surface area contributed by atoms with Gasteiger partial charge in [-0.25, -0.2) is 4.79 Å². The van der Waals surface area contributed by atoms with Crippen molar-refractivity contribution in [2.45, 2.75) is 26.2 Å². The van der Waals surface area contributed by atoms with Crippen LogP contribution in [0.15, 0.2) is 28.1 Å². The van der Waals surface area contributed by atoms with Crippen molar-refractivity contribution in [3.05, 3.63) is 54.2 Å². The zero-order valence-corrected chi connectivity index (χ0v) is 16.9. The van der Waals surface area contributed by atoms with Crippen LogP contribution >= 0.6 is 27.3 Å². The molecule has 27 heavy (non-hydrogen) atoms. The van der Waals surface area contributed by atoms with E-state index in [9.17, 15) is 19.7 Å². The Morgan fingerprint density at radius 3 is 2.93 bits per heavy atom. The number of esters is 1. The highest BCUT2D eigenvalue weighted by atomic mass is 79.9. The number of nitro benzene ring substituents is 1. The minimum atomic E-state index is -0.527. The first kappa shape index (κ1) is 19.5. The molecule has 1 aliphatic rings. The van der Waals surface area contributed by atoms with Crippen molar-refractivity contribution in [1.29, 1.82) is 0 Å². The summed E-state index contributed by atoms with van der Waals surface area (Å²) in [5.74, 6) is -0.401. The second-order valence-electron chi connectivity index (χ2n) is 6.44. The number of carbonyl (C=O) groups is 2. The van der Waals surface area contributed by atoms with E-state index in [4.69, 9.17) is 4.74 Å². The molecule has 0 saturated carbocycles. The number of hydrogen-bond donors (Lipinski definition) is 1. The van der Waals surface area contributed by atoms with E-state index in [1.165, 1.54) is 23.1 Å². The summed E-state index contributed by atoms with van der Waals surface area (Å²) in [6, 6.07) is 3.99. The predicted octanol–water partition coefficient (Wildman–Crippen LogP) is 4.34. The van der Waals surface area contributed by atoms with Crippen LogP contribution in [0.4, 0.5) is 11.4 Å². The molecule has 1 aromatic carbocycles. The SMILES string of the molecule is C[C@H]1CCc2c(C(=O)OCC(=O)Nc3ccc([N+](=O)[O-])cc3Br)csc2C1. The first-order valence-corrected chi connectivity index (χ1v) is 10.0. The van der Waals surface area contributed by atoms with Crippen LogP contribution in [0.3, 0.4) is 0 Å². The fraction of sp³-hybridized carbons (Fsp3) is 0.333. The molecule has 1 heterocycles. The monoisotopic (exact) mass is 452 g/mol. The number of nitro groups is 1. The summed E-state index contributed by atoms with van der Waals surface area (Å²) >= 11 is 4.74. The fourth-order valence-corrected chi connectivity index (χ4v) is 4.66. The Morgan fingerprint density at radius 1 is 1.44 bits per heavy atom. The number of halogens is 1. The number of anilines is 1. The van der Waals surface area contributed by atoms with Gasteiger partial charge in [-0.15, -0.1) is 11.3 Å².